The summed E-state index contributed by atoms with van der Waals surface area (Å²) in [4.78, 5) is 37.5. The summed E-state index contributed by atoms with van der Waals surface area (Å²) in [6.07, 6.45) is 39.6. The van der Waals surface area contributed by atoms with Gasteiger partial charge in [-0.2, -0.15) is 0 Å². The van der Waals surface area contributed by atoms with Crippen molar-refractivity contribution in [2.75, 3.05) is 47.5 Å². The van der Waals surface area contributed by atoms with Crippen molar-refractivity contribution in [2.24, 2.45) is 0 Å². The van der Waals surface area contributed by atoms with E-state index in [-0.39, 0.29) is 32.5 Å². The van der Waals surface area contributed by atoms with E-state index in [4.69, 9.17) is 18.5 Å². The smallest absolute Gasteiger partial charge is 0.306 e. The molecule has 12 heteroatoms. The number of hydrogen-bond donors (Lipinski definition) is 2. The first-order chi connectivity index (χ1) is 27.8. The van der Waals surface area contributed by atoms with Gasteiger partial charge in [-0.15, -0.1) is 0 Å². The molecular formula is C46H78NO10P. The van der Waals surface area contributed by atoms with Crippen LogP contribution < -0.4 is 4.89 Å². The van der Waals surface area contributed by atoms with Crippen LogP contribution in [0.3, 0.4) is 0 Å². The van der Waals surface area contributed by atoms with E-state index in [1.54, 1.807) is 36.5 Å². The summed E-state index contributed by atoms with van der Waals surface area (Å²) in [6.45, 7) is 3.77. The van der Waals surface area contributed by atoms with Crippen molar-refractivity contribution in [3.63, 3.8) is 0 Å². The van der Waals surface area contributed by atoms with Crippen LogP contribution in [0.4, 0.5) is 0 Å². The highest BCUT2D eigenvalue weighted by molar-refractivity contribution is 7.45. The Morgan fingerprint density at radius 3 is 1.78 bits per heavy atom. The molecule has 0 fully saturated rings. The van der Waals surface area contributed by atoms with Crippen molar-refractivity contribution in [1.29, 1.82) is 0 Å². The number of phosphoric ester groups is 1. The number of hydrogen-bond acceptors (Lipinski definition) is 10. The lowest BCUT2D eigenvalue weighted by Crippen LogP contribution is -2.37. The molecule has 0 bridgehead atoms. The SMILES string of the molecule is CCCCC/C=C\C/C=C\C/C=C\CCCCC(=O)OC[C@H](COP(=O)([O-])OCC[N+](C)(C)C)OC(=O)CCC[C@@H](O)\C=C/C=C/C=C/[C@@H](O)C/C=C\CCCCC. The molecule has 0 aliphatic heterocycles. The van der Waals surface area contributed by atoms with Gasteiger partial charge in [-0.1, -0.05) is 125 Å². The molecule has 0 rings (SSSR count). The fraction of sp³-hybridized carbons (Fsp3) is 0.652. The van der Waals surface area contributed by atoms with Crippen molar-refractivity contribution in [1.82, 2.24) is 0 Å². The zero-order valence-corrected chi connectivity index (χ0v) is 37.3. The summed E-state index contributed by atoms with van der Waals surface area (Å²) in [7, 11) is 0.973. The van der Waals surface area contributed by atoms with Crippen LogP contribution in [-0.4, -0.2) is 92.5 Å². The van der Waals surface area contributed by atoms with Crippen molar-refractivity contribution >= 4 is 19.8 Å². The Labute approximate surface area is 351 Å². The van der Waals surface area contributed by atoms with Crippen molar-refractivity contribution in [3.8, 4) is 0 Å². The molecule has 11 nitrogen and oxygen atoms in total. The average Bonchev–Trinajstić information content (AvgIpc) is 3.16. The fourth-order valence-corrected chi connectivity index (χ4v) is 5.82. The lowest BCUT2D eigenvalue weighted by atomic mass is 10.1. The number of likely N-dealkylation sites (N-methyl/N-ethyl adjacent to an activating group) is 1. The van der Waals surface area contributed by atoms with E-state index in [1.807, 2.05) is 27.2 Å². The molecule has 58 heavy (non-hydrogen) atoms. The summed E-state index contributed by atoms with van der Waals surface area (Å²) >= 11 is 0. The normalized spacial score (nSPS) is 15.5. The van der Waals surface area contributed by atoms with E-state index in [0.717, 1.165) is 44.9 Å². The van der Waals surface area contributed by atoms with Gasteiger partial charge in [-0.05, 0) is 77.0 Å². The zero-order chi connectivity index (χ0) is 43.2. The number of esters is 2. The largest absolute Gasteiger partial charge is 0.756 e. The van der Waals surface area contributed by atoms with Crippen LogP contribution in [0.2, 0.25) is 0 Å². The van der Waals surface area contributed by atoms with Crippen molar-refractivity contribution in [3.05, 3.63) is 85.1 Å². The second kappa shape index (κ2) is 37.1. The predicted octanol–water partition coefficient (Wildman–Crippen LogP) is 9.33. The average molecular weight is 836 g/mol. The molecule has 0 aliphatic rings. The van der Waals surface area contributed by atoms with Crippen LogP contribution in [0.1, 0.15) is 129 Å². The van der Waals surface area contributed by atoms with Crippen LogP contribution in [0.15, 0.2) is 85.1 Å². The number of unbranched alkanes of at least 4 members (excludes halogenated alkanes) is 8. The van der Waals surface area contributed by atoms with Crippen LogP contribution in [0, 0.1) is 0 Å². The van der Waals surface area contributed by atoms with Gasteiger partial charge >= 0.3 is 11.9 Å². The van der Waals surface area contributed by atoms with Crippen molar-refractivity contribution in [2.45, 2.75) is 148 Å². The van der Waals surface area contributed by atoms with Gasteiger partial charge in [0.25, 0.3) is 7.82 Å². The number of allylic oxidation sites excluding steroid dienone is 11. The fourth-order valence-electron chi connectivity index (χ4n) is 5.09. The summed E-state index contributed by atoms with van der Waals surface area (Å²) in [5.41, 5.74) is 0. The number of ether oxygens (including phenoxy) is 2. The molecule has 1 unspecified atom stereocenters. The third-order valence-corrected chi connectivity index (χ3v) is 9.54. The Morgan fingerprint density at radius 1 is 0.655 bits per heavy atom. The Bertz CT molecular complexity index is 1300. The first-order valence-electron chi connectivity index (χ1n) is 21.5. The Hall–Kier alpha value is -2.89. The molecule has 0 radical (unpaired) electrons. The molecule has 0 aliphatic carbocycles. The number of aliphatic hydroxyl groups is 2. The number of aliphatic hydroxyl groups excluding tert-OH is 2. The Kier molecular flexibility index (Phi) is 35.3. The molecule has 0 aromatic heterocycles. The molecular weight excluding hydrogens is 757 g/mol. The molecule has 0 spiro atoms. The molecule has 0 heterocycles. The zero-order valence-electron chi connectivity index (χ0n) is 36.4. The maximum absolute atomic E-state index is 12.7. The molecule has 2 N–H and O–H groups in total. The van der Waals surface area contributed by atoms with Gasteiger partial charge in [-0.3, -0.25) is 14.2 Å². The van der Waals surface area contributed by atoms with Gasteiger partial charge in [0.05, 0.1) is 40.0 Å². The summed E-state index contributed by atoms with van der Waals surface area (Å²) in [5.74, 6) is -1.13. The minimum Gasteiger partial charge on any atom is -0.756 e. The van der Waals surface area contributed by atoms with Gasteiger partial charge in [0.1, 0.15) is 19.8 Å². The minimum atomic E-state index is -4.71. The standard InChI is InChI=1S/C46H78NO10P/c1-6-8-10-12-14-15-16-17-18-19-20-21-22-24-30-36-45(50)54-40-44(41-56-58(52,53)55-39-38-47(3,4)5)57-46(51)37-31-35-43(49)34-29-26-25-28-33-42(48)32-27-23-13-11-9-7-2/h14-15,17-18,20-21,23,25-29,33-34,42-44,48-49H,6-13,16,19,22,24,30-32,35-41H2,1-5H3/b15-14-,18-17-,21-20-,26-25+,27-23-,33-28+,34-29-/t42-,43-,44+/m0/s1. The summed E-state index contributed by atoms with van der Waals surface area (Å²) in [5, 5.41) is 20.3. The number of phosphoric acid groups is 1. The number of rotatable bonds is 37. The third kappa shape index (κ3) is 39.9. The van der Waals surface area contributed by atoms with E-state index in [9.17, 15) is 29.3 Å². The highest BCUT2D eigenvalue weighted by Crippen LogP contribution is 2.38. The number of quaternary nitrogens is 1. The number of nitrogens with zero attached hydrogens (tertiary/aromatic N) is 1. The third-order valence-electron chi connectivity index (χ3n) is 8.58. The quantitative estimate of drug-likeness (QED) is 0.0155. The van der Waals surface area contributed by atoms with E-state index < -0.39 is 44.7 Å². The lowest BCUT2D eigenvalue weighted by molar-refractivity contribution is -0.870. The Morgan fingerprint density at radius 2 is 1.19 bits per heavy atom. The Balaban J connectivity index is 4.74. The van der Waals surface area contributed by atoms with Gasteiger partial charge < -0.3 is 38.1 Å². The van der Waals surface area contributed by atoms with Gasteiger partial charge in [-0.25, -0.2) is 0 Å². The van der Waals surface area contributed by atoms with E-state index in [2.05, 4.69) is 56.4 Å². The molecule has 4 atom stereocenters. The molecule has 0 saturated heterocycles. The second-order valence-electron chi connectivity index (χ2n) is 15.4. The van der Waals surface area contributed by atoms with Gasteiger partial charge in [0.15, 0.2) is 6.10 Å². The summed E-state index contributed by atoms with van der Waals surface area (Å²) in [6, 6.07) is 0. The second-order valence-corrected chi connectivity index (χ2v) is 16.8. The van der Waals surface area contributed by atoms with E-state index in [1.165, 1.54) is 32.1 Å². The van der Waals surface area contributed by atoms with Crippen LogP contribution in [0.5, 0.6) is 0 Å². The number of carbonyl (C=O) groups excluding carboxylic acids is 2. The molecule has 0 saturated carbocycles. The molecule has 0 amide bonds. The maximum atomic E-state index is 12.7. The van der Waals surface area contributed by atoms with Gasteiger partial charge in [0, 0.05) is 12.8 Å². The van der Waals surface area contributed by atoms with Crippen LogP contribution >= 0.6 is 7.82 Å². The van der Waals surface area contributed by atoms with Gasteiger partial charge in [0.2, 0.25) is 0 Å². The maximum Gasteiger partial charge on any atom is 0.306 e. The highest BCUT2D eigenvalue weighted by atomic mass is 31.2. The van der Waals surface area contributed by atoms with E-state index >= 15 is 0 Å². The van der Waals surface area contributed by atoms with Crippen LogP contribution in [-0.2, 0) is 32.7 Å². The highest BCUT2D eigenvalue weighted by Gasteiger charge is 2.22. The lowest BCUT2D eigenvalue weighted by Gasteiger charge is -2.28. The molecule has 0 aromatic rings. The number of carbonyl (C=O) groups is 2. The molecule has 0 aromatic carbocycles. The first kappa shape index (κ1) is 55.1. The van der Waals surface area contributed by atoms with E-state index in [0.29, 0.717) is 30.3 Å². The summed E-state index contributed by atoms with van der Waals surface area (Å²) < 4.78 is 33.6. The van der Waals surface area contributed by atoms with Crippen LogP contribution in [0.25, 0.3) is 0 Å². The predicted molar refractivity (Wildman–Crippen MR) is 234 cm³/mol. The monoisotopic (exact) mass is 836 g/mol. The topological polar surface area (TPSA) is 152 Å². The molecule has 332 valence electrons. The minimum absolute atomic E-state index is 0.0482. The van der Waals surface area contributed by atoms with Crippen molar-refractivity contribution < 1.29 is 52.3 Å². The first-order valence-corrected chi connectivity index (χ1v) is 23.0.